The van der Waals surface area contributed by atoms with Crippen LogP contribution in [0.1, 0.15) is 32.3 Å². The van der Waals surface area contributed by atoms with E-state index in [0.717, 1.165) is 0 Å². The molecule has 0 atom stereocenters. The zero-order valence-electron chi connectivity index (χ0n) is 11.7. The number of esters is 2. The first-order valence-corrected chi connectivity index (χ1v) is 7.04. The van der Waals surface area contributed by atoms with Crippen molar-refractivity contribution >= 4 is 23.5 Å². The quantitative estimate of drug-likeness (QED) is 0.441. The van der Waals surface area contributed by atoms with Gasteiger partial charge in [-0.05, 0) is 18.4 Å². The highest BCUT2D eigenvalue weighted by atomic mass is 35.5. The molecule has 5 heteroatoms. The maximum Gasteiger partial charge on any atom is 0.343 e. The SMILES string of the molecule is CCCOC(=O)C(Cl)(C(=O)OCCC)c1ccccc1. The van der Waals surface area contributed by atoms with Crippen LogP contribution in [0.5, 0.6) is 0 Å². The van der Waals surface area contributed by atoms with E-state index in [1.807, 2.05) is 13.8 Å². The van der Waals surface area contributed by atoms with Gasteiger partial charge in [0.15, 0.2) is 0 Å². The van der Waals surface area contributed by atoms with Gasteiger partial charge in [0.1, 0.15) is 0 Å². The third-order valence-electron chi connectivity index (χ3n) is 2.61. The molecule has 0 aliphatic carbocycles. The van der Waals surface area contributed by atoms with Gasteiger partial charge in [-0.15, -0.1) is 0 Å². The molecule has 0 saturated heterocycles. The molecular formula is C15H19ClO4. The van der Waals surface area contributed by atoms with E-state index in [1.165, 1.54) is 0 Å². The van der Waals surface area contributed by atoms with Crippen LogP contribution in [0.4, 0.5) is 0 Å². The summed E-state index contributed by atoms with van der Waals surface area (Å²) in [5.41, 5.74) is 0.351. The highest BCUT2D eigenvalue weighted by Gasteiger charge is 2.49. The summed E-state index contributed by atoms with van der Waals surface area (Å²) in [6.45, 7) is 4.14. The smallest absolute Gasteiger partial charge is 0.343 e. The second-order valence-electron chi connectivity index (χ2n) is 4.30. The standard InChI is InChI=1S/C15H19ClO4/c1-3-10-19-13(17)15(16,14(18)20-11-4-2)12-8-6-5-7-9-12/h5-9H,3-4,10-11H2,1-2H3. The number of ether oxygens (including phenoxy) is 2. The van der Waals surface area contributed by atoms with E-state index >= 15 is 0 Å². The van der Waals surface area contributed by atoms with Gasteiger partial charge < -0.3 is 9.47 Å². The Morgan fingerprint density at radius 1 is 1.00 bits per heavy atom. The van der Waals surface area contributed by atoms with Crippen molar-refractivity contribution in [3.8, 4) is 0 Å². The van der Waals surface area contributed by atoms with E-state index < -0.39 is 16.8 Å². The monoisotopic (exact) mass is 298 g/mol. The number of alkyl halides is 1. The average molecular weight is 299 g/mol. The van der Waals surface area contributed by atoms with E-state index in [2.05, 4.69) is 0 Å². The van der Waals surface area contributed by atoms with E-state index in [-0.39, 0.29) is 13.2 Å². The minimum absolute atomic E-state index is 0.210. The number of hydrogen-bond acceptors (Lipinski definition) is 4. The minimum atomic E-state index is -1.94. The molecule has 0 heterocycles. The summed E-state index contributed by atoms with van der Waals surface area (Å²) in [4.78, 5) is 22.4. The Morgan fingerprint density at radius 3 is 1.85 bits per heavy atom. The first kappa shape index (κ1) is 16.5. The Morgan fingerprint density at radius 2 is 1.45 bits per heavy atom. The number of carbonyl (C=O) groups is 2. The van der Waals surface area contributed by atoms with E-state index in [1.54, 1.807) is 30.3 Å². The molecule has 0 N–H and O–H groups in total. The molecule has 0 fully saturated rings. The average Bonchev–Trinajstić information content (AvgIpc) is 2.50. The van der Waals surface area contributed by atoms with Crippen molar-refractivity contribution < 1.29 is 19.1 Å². The zero-order chi connectivity index (χ0) is 15.0. The lowest BCUT2D eigenvalue weighted by Crippen LogP contribution is -2.41. The Hall–Kier alpha value is -1.55. The molecule has 1 rings (SSSR count). The van der Waals surface area contributed by atoms with Crippen molar-refractivity contribution in [2.45, 2.75) is 31.6 Å². The summed E-state index contributed by atoms with van der Waals surface area (Å²) in [6, 6.07) is 8.38. The summed E-state index contributed by atoms with van der Waals surface area (Å²) < 4.78 is 10.1. The van der Waals surface area contributed by atoms with Crippen LogP contribution in [0.2, 0.25) is 0 Å². The topological polar surface area (TPSA) is 52.6 Å². The Balaban J connectivity index is 3.05. The van der Waals surface area contributed by atoms with Gasteiger partial charge in [-0.1, -0.05) is 55.8 Å². The minimum Gasteiger partial charge on any atom is -0.464 e. The molecule has 20 heavy (non-hydrogen) atoms. The van der Waals surface area contributed by atoms with E-state index in [4.69, 9.17) is 21.1 Å². The number of hydrogen-bond donors (Lipinski definition) is 0. The lowest BCUT2D eigenvalue weighted by atomic mass is 9.98. The van der Waals surface area contributed by atoms with Crippen molar-refractivity contribution in [2.24, 2.45) is 0 Å². The summed E-state index contributed by atoms with van der Waals surface area (Å²) >= 11 is 6.29. The fourth-order valence-corrected chi connectivity index (χ4v) is 1.81. The molecule has 0 bridgehead atoms. The van der Waals surface area contributed by atoms with Crippen molar-refractivity contribution in [3.63, 3.8) is 0 Å². The molecule has 110 valence electrons. The van der Waals surface area contributed by atoms with Crippen molar-refractivity contribution in [1.82, 2.24) is 0 Å². The Kier molecular flexibility index (Phi) is 6.52. The molecule has 4 nitrogen and oxygen atoms in total. The number of halogens is 1. The fourth-order valence-electron chi connectivity index (χ4n) is 1.58. The zero-order valence-corrected chi connectivity index (χ0v) is 12.5. The Labute approximate surface area is 124 Å². The highest BCUT2D eigenvalue weighted by Crippen LogP contribution is 2.32. The lowest BCUT2D eigenvalue weighted by molar-refractivity contribution is -0.160. The highest BCUT2D eigenvalue weighted by molar-refractivity contribution is 6.44. The van der Waals surface area contributed by atoms with Crippen molar-refractivity contribution in [1.29, 1.82) is 0 Å². The predicted octanol–water partition coefficient (Wildman–Crippen LogP) is 3.03. The predicted molar refractivity (Wildman–Crippen MR) is 76.5 cm³/mol. The molecule has 1 aromatic rings. The summed E-state index contributed by atoms with van der Waals surface area (Å²) in [6.07, 6.45) is 1.30. The maximum absolute atomic E-state index is 12.2. The third-order valence-corrected chi connectivity index (χ3v) is 3.14. The molecule has 0 saturated carbocycles. The van der Waals surface area contributed by atoms with Crippen LogP contribution < -0.4 is 0 Å². The second-order valence-corrected chi connectivity index (χ2v) is 4.86. The normalized spacial score (nSPS) is 10.9. The van der Waals surface area contributed by atoms with Gasteiger partial charge in [0, 0.05) is 0 Å². The third kappa shape index (κ3) is 3.73. The summed E-state index contributed by atoms with van der Waals surface area (Å²) in [5.74, 6) is -1.60. The molecule has 0 aliphatic rings. The van der Waals surface area contributed by atoms with Crippen LogP contribution in [0, 0.1) is 0 Å². The van der Waals surface area contributed by atoms with Gasteiger partial charge in [-0.3, -0.25) is 0 Å². The van der Waals surface area contributed by atoms with Crippen LogP contribution in [0.25, 0.3) is 0 Å². The van der Waals surface area contributed by atoms with Crippen LogP contribution in [0.3, 0.4) is 0 Å². The second kappa shape index (κ2) is 7.90. The van der Waals surface area contributed by atoms with Crippen molar-refractivity contribution in [3.05, 3.63) is 35.9 Å². The molecular weight excluding hydrogens is 280 g/mol. The molecule has 0 radical (unpaired) electrons. The van der Waals surface area contributed by atoms with Crippen LogP contribution in [-0.2, 0) is 23.9 Å². The van der Waals surface area contributed by atoms with Gasteiger partial charge in [-0.25, -0.2) is 9.59 Å². The first-order chi connectivity index (χ1) is 9.57. The van der Waals surface area contributed by atoms with Gasteiger partial charge in [-0.2, -0.15) is 0 Å². The molecule has 0 aliphatic heterocycles. The van der Waals surface area contributed by atoms with Gasteiger partial charge in [0.2, 0.25) is 0 Å². The van der Waals surface area contributed by atoms with Crippen LogP contribution in [0.15, 0.2) is 30.3 Å². The molecule has 0 unspecified atom stereocenters. The molecule has 0 aromatic heterocycles. The van der Waals surface area contributed by atoms with Gasteiger partial charge in [0.25, 0.3) is 4.87 Å². The summed E-state index contributed by atoms with van der Waals surface area (Å²) in [7, 11) is 0. The molecule has 0 amide bonds. The van der Waals surface area contributed by atoms with Crippen molar-refractivity contribution in [2.75, 3.05) is 13.2 Å². The maximum atomic E-state index is 12.2. The van der Waals surface area contributed by atoms with Gasteiger partial charge in [0.05, 0.1) is 13.2 Å². The first-order valence-electron chi connectivity index (χ1n) is 6.66. The number of carbonyl (C=O) groups excluding carboxylic acids is 2. The lowest BCUT2D eigenvalue weighted by Gasteiger charge is -2.23. The largest absolute Gasteiger partial charge is 0.464 e. The fraction of sp³-hybridized carbons (Fsp3) is 0.467. The van der Waals surface area contributed by atoms with E-state index in [0.29, 0.717) is 18.4 Å². The van der Waals surface area contributed by atoms with E-state index in [9.17, 15) is 9.59 Å². The van der Waals surface area contributed by atoms with Crippen LogP contribution >= 0.6 is 11.6 Å². The molecule has 0 spiro atoms. The van der Waals surface area contributed by atoms with Gasteiger partial charge >= 0.3 is 11.9 Å². The van der Waals surface area contributed by atoms with Crippen LogP contribution in [-0.4, -0.2) is 25.2 Å². The Bertz CT molecular complexity index is 424. The number of benzene rings is 1. The molecule has 1 aromatic carbocycles. The summed E-state index contributed by atoms with van der Waals surface area (Å²) in [5, 5.41) is 0. The number of rotatable bonds is 7.